The molecule has 0 saturated heterocycles. The standard InChI is InChI=1S/C13H16N4O3/c1-2-3-4-10(13(19)20)16-12(18)9-7-15-17-6-5-14-8-11(9)17/h5-8,10H,2-4H2,1H3,(H,16,18)(H,19,20)/t10-/m0/s1. The molecule has 0 radical (unpaired) electrons. The molecule has 1 atom stereocenters. The fourth-order valence-corrected chi connectivity index (χ4v) is 1.91. The van der Waals surface area contributed by atoms with Crippen molar-refractivity contribution in [3.63, 3.8) is 0 Å². The number of rotatable bonds is 6. The normalized spacial score (nSPS) is 12.2. The van der Waals surface area contributed by atoms with E-state index in [9.17, 15) is 9.59 Å². The van der Waals surface area contributed by atoms with E-state index in [-0.39, 0.29) is 0 Å². The molecule has 20 heavy (non-hydrogen) atoms. The van der Waals surface area contributed by atoms with Crippen molar-refractivity contribution >= 4 is 17.4 Å². The van der Waals surface area contributed by atoms with Crippen LogP contribution in [0.25, 0.3) is 5.52 Å². The van der Waals surface area contributed by atoms with E-state index in [2.05, 4.69) is 15.4 Å². The third-order valence-electron chi connectivity index (χ3n) is 3.02. The van der Waals surface area contributed by atoms with Crippen molar-refractivity contribution in [2.24, 2.45) is 0 Å². The molecule has 2 heterocycles. The minimum atomic E-state index is -1.03. The maximum absolute atomic E-state index is 12.1. The van der Waals surface area contributed by atoms with Crippen LogP contribution in [0, 0.1) is 0 Å². The van der Waals surface area contributed by atoms with Crippen LogP contribution in [-0.4, -0.2) is 37.6 Å². The number of aliphatic carboxylic acids is 1. The molecule has 0 saturated carbocycles. The minimum Gasteiger partial charge on any atom is -0.480 e. The summed E-state index contributed by atoms with van der Waals surface area (Å²) in [6.07, 6.45) is 8.14. The van der Waals surface area contributed by atoms with E-state index in [4.69, 9.17) is 5.11 Å². The molecular weight excluding hydrogens is 260 g/mol. The Kier molecular flexibility index (Phi) is 4.29. The number of carboxylic acid groups (broad SMARTS) is 1. The van der Waals surface area contributed by atoms with Crippen LogP contribution in [0.3, 0.4) is 0 Å². The Bertz CT molecular complexity index is 623. The summed E-state index contributed by atoms with van der Waals surface area (Å²) in [4.78, 5) is 27.2. The van der Waals surface area contributed by atoms with Gasteiger partial charge in [0.25, 0.3) is 5.91 Å². The molecule has 7 heteroatoms. The van der Waals surface area contributed by atoms with Crippen LogP contribution < -0.4 is 5.32 Å². The molecule has 2 rings (SSSR count). The molecule has 0 spiro atoms. The van der Waals surface area contributed by atoms with Gasteiger partial charge in [-0.3, -0.25) is 9.78 Å². The van der Waals surface area contributed by atoms with Crippen LogP contribution in [0.5, 0.6) is 0 Å². The van der Waals surface area contributed by atoms with Gasteiger partial charge in [-0.15, -0.1) is 0 Å². The molecule has 2 aromatic heterocycles. The molecular formula is C13H16N4O3. The van der Waals surface area contributed by atoms with Gasteiger partial charge in [-0.25, -0.2) is 9.31 Å². The number of unbranched alkanes of at least 4 members (excludes halogenated alkanes) is 1. The largest absolute Gasteiger partial charge is 0.480 e. The first-order valence-electron chi connectivity index (χ1n) is 6.44. The number of hydrogen-bond donors (Lipinski definition) is 2. The molecule has 0 bridgehead atoms. The van der Waals surface area contributed by atoms with Gasteiger partial charge in [0.2, 0.25) is 0 Å². The lowest BCUT2D eigenvalue weighted by atomic mass is 10.1. The molecule has 0 aliphatic rings. The van der Waals surface area contributed by atoms with Crippen molar-refractivity contribution < 1.29 is 14.7 Å². The van der Waals surface area contributed by atoms with E-state index in [1.165, 1.54) is 16.9 Å². The van der Waals surface area contributed by atoms with Crippen LogP contribution in [0.2, 0.25) is 0 Å². The highest BCUT2D eigenvalue weighted by Crippen LogP contribution is 2.10. The first-order chi connectivity index (χ1) is 9.63. The summed E-state index contributed by atoms with van der Waals surface area (Å²) in [5.74, 6) is -1.47. The zero-order chi connectivity index (χ0) is 14.5. The number of hydrogen-bond acceptors (Lipinski definition) is 4. The van der Waals surface area contributed by atoms with Crippen molar-refractivity contribution in [2.75, 3.05) is 0 Å². The van der Waals surface area contributed by atoms with E-state index in [1.54, 1.807) is 12.4 Å². The number of carbonyl (C=O) groups excluding carboxylic acids is 1. The van der Waals surface area contributed by atoms with Gasteiger partial charge in [-0.2, -0.15) is 5.10 Å². The van der Waals surface area contributed by atoms with Gasteiger partial charge in [0.05, 0.1) is 23.5 Å². The van der Waals surface area contributed by atoms with Crippen molar-refractivity contribution in [3.8, 4) is 0 Å². The second-order valence-corrected chi connectivity index (χ2v) is 4.47. The molecule has 106 valence electrons. The molecule has 0 aromatic carbocycles. The van der Waals surface area contributed by atoms with Gasteiger partial charge in [0.1, 0.15) is 6.04 Å². The Hall–Kier alpha value is -2.44. The Labute approximate surface area is 115 Å². The summed E-state index contributed by atoms with van der Waals surface area (Å²) in [5.41, 5.74) is 0.866. The van der Waals surface area contributed by atoms with E-state index < -0.39 is 17.9 Å². The highest BCUT2D eigenvalue weighted by Gasteiger charge is 2.21. The van der Waals surface area contributed by atoms with Crippen LogP contribution in [0.4, 0.5) is 0 Å². The monoisotopic (exact) mass is 276 g/mol. The molecule has 0 aliphatic carbocycles. The summed E-state index contributed by atoms with van der Waals surface area (Å²) in [7, 11) is 0. The molecule has 0 aliphatic heterocycles. The SMILES string of the molecule is CCCC[C@H](NC(=O)c1cnn2ccncc12)C(=O)O. The smallest absolute Gasteiger partial charge is 0.326 e. The number of nitrogens with one attached hydrogen (secondary N) is 1. The summed E-state index contributed by atoms with van der Waals surface area (Å²) >= 11 is 0. The lowest BCUT2D eigenvalue weighted by Gasteiger charge is -2.13. The van der Waals surface area contributed by atoms with Gasteiger partial charge < -0.3 is 10.4 Å². The third kappa shape index (κ3) is 2.93. The Morgan fingerprint density at radius 3 is 2.95 bits per heavy atom. The van der Waals surface area contributed by atoms with Crippen LogP contribution in [0.15, 0.2) is 24.8 Å². The molecule has 0 fully saturated rings. The number of amides is 1. The highest BCUT2D eigenvalue weighted by molar-refractivity contribution is 6.01. The maximum atomic E-state index is 12.1. The zero-order valence-electron chi connectivity index (χ0n) is 11.1. The molecule has 2 aromatic rings. The fraction of sp³-hybridized carbons (Fsp3) is 0.385. The van der Waals surface area contributed by atoms with Gasteiger partial charge in [-0.05, 0) is 6.42 Å². The molecule has 1 amide bonds. The number of fused-ring (bicyclic) bond motifs is 1. The Balaban J connectivity index is 2.16. The van der Waals surface area contributed by atoms with Gasteiger partial charge >= 0.3 is 5.97 Å². The highest BCUT2D eigenvalue weighted by atomic mass is 16.4. The van der Waals surface area contributed by atoms with Crippen LogP contribution >= 0.6 is 0 Å². The lowest BCUT2D eigenvalue weighted by Crippen LogP contribution is -2.40. The van der Waals surface area contributed by atoms with Gasteiger partial charge in [0.15, 0.2) is 0 Å². The summed E-state index contributed by atoms with van der Waals surface area (Å²) in [6, 6.07) is -0.880. The minimum absolute atomic E-state index is 0.320. The van der Waals surface area contributed by atoms with E-state index in [0.29, 0.717) is 17.5 Å². The molecule has 0 unspecified atom stereocenters. The maximum Gasteiger partial charge on any atom is 0.326 e. The van der Waals surface area contributed by atoms with Crippen molar-refractivity contribution in [3.05, 3.63) is 30.4 Å². The quantitative estimate of drug-likeness (QED) is 0.823. The average Bonchev–Trinajstić information content (AvgIpc) is 2.87. The number of carboxylic acids is 1. The summed E-state index contributed by atoms with van der Waals surface area (Å²) in [6.45, 7) is 1.97. The zero-order valence-corrected chi connectivity index (χ0v) is 11.1. The fourth-order valence-electron chi connectivity index (χ4n) is 1.91. The second kappa shape index (κ2) is 6.14. The van der Waals surface area contributed by atoms with Gasteiger partial charge in [0, 0.05) is 12.4 Å². The number of nitrogens with zero attached hydrogens (tertiary/aromatic N) is 3. The average molecular weight is 276 g/mol. The third-order valence-corrected chi connectivity index (χ3v) is 3.02. The van der Waals surface area contributed by atoms with Gasteiger partial charge in [-0.1, -0.05) is 19.8 Å². The Morgan fingerprint density at radius 1 is 1.45 bits per heavy atom. The lowest BCUT2D eigenvalue weighted by molar-refractivity contribution is -0.139. The number of carbonyl (C=O) groups is 2. The summed E-state index contributed by atoms with van der Waals surface area (Å²) in [5, 5.41) is 15.7. The van der Waals surface area contributed by atoms with Crippen molar-refractivity contribution in [1.82, 2.24) is 19.9 Å². The van der Waals surface area contributed by atoms with Crippen molar-refractivity contribution in [1.29, 1.82) is 0 Å². The number of aromatic nitrogens is 3. The molecule has 7 nitrogen and oxygen atoms in total. The topological polar surface area (TPSA) is 96.6 Å². The van der Waals surface area contributed by atoms with E-state index in [1.807, 2.05) is 6.92 Å². The first kappa shape index (κ1) is 14.0. The Morgan fingerprint density at radius 2 is 2.25 bits per heavy atom. The summed E-state index contributed by atoms with van der Waals surface area (Å²) < 4.78 is 1.52. The predicted molar refractivity (Wildman–Crippen MR) is 71.4 cm³/mol. The van der Waals surface area contributed by atoms with E-state index >= 15 is 0 Å². The van der Waals surface area contributed by atoms with Crippen molar-refractivity contribution in [2.45, 2.75) is 32.2 Å². The first-order valence-corrected chi connectivity index (χ1v) is 6.44. The molecule has 2 N–H and O–H groups in total. The second-order valence-electron chi connectivity index (χ2n) is 4.47. The predicted octanol–water partition coefficient (Wildman–Crippen LogP) is 1.10. The van der Waals surface area contributed by atoms with Crippen LogP contribution in [-0.2, 0) is 4.79 Å². The van der Waals surface area contributed by atoms with Crippen LogP contribution in [0.1, 0.15) is 36.5 Å². The van der Waals surface area contributed by atoms with E-state index in [0.717, 1.165) is 12.8 Å².